The van der Waals surface area contributed by atoms with Crippen LogP contribution in [0.3, 0.4) is 0 Å². The highest BCUT2D eigenvalue weighted by atomic mass is 19.4. The second-order valence-electron chi connectivity index (χ2n) is 7.13. The van der Waals surface area contributed by atoms with E-state index >= 15 is 0 Å². The summed E-state index contributed by atoms with van der Waals surface area (Å²) in [5, 5.41) is 13.1. The van der Waals surface area contributed by atoms with E-state index in [-0.39, 0.29) is 17.8 Å². The first-order valence-corrected chi connectivity index (χ1v) is 9.49. The second-order valence-corrected chi connectivity index (χ2v) is 7.13. The minimum Gasteiger partial charge on any atom is -0.395 e. The maximum absolute atomic E-state index is 13.8. The average molecular weight is 405 g/mol. The highest BCUT2D eigenvalue weighted by Crippen LogP contribution is 2.39. The molecule has 154 valence electrons. The van der Waals surface area contributed by atoms with Crippen molar-refractivity contribution in [2.24, 2.45) is 0 Å². The number of alkyl halides is 3. The van der Waals surface area contributed by atoms with Crippen molar-refractivity contribution in [3.05, 3.63) is 47.8 Å². The van der Waals surface area contributed by atoms with E-state index < -0.39 is 11.9 Å². The Morgan fingerprint density at radius 3 is 2.38 bits per heavy atom. The number of aryl methyl sites for hydroxylation is 1. The van der Waals surface area contributed by atoms with E-state index in [4.69, 9.17) is 5.11 Å². The van der Waals surface area contributed by atoms with Gasteiger partial charge in [0, 0.05) is 44.5 Å². The number of hydrogen-bond donors (Lipinski definition) is 1. The number of benzene rings is 1. The van der Waals surface area contributed by atoms with Gasteiger partial charge in [0.1, 0.15) is 5.82 Å². The Hall–Kier alpha value is -2.65. The molecule has 9 heteroatoms. The summed E-state index contributed by atoms with van der Waals surface area (Å²) in [6.45, 7) is 5.19. The molecule has 0 aliphatic carbocycles. The molecular formula is C20H22F3N5O. The van der Waals surface area contributed by atoms with Crippen LogP contribution in [0.4, 0.5) is 19.0 Å². The molecule has 1 aliphatic heterocycles. The number of aliphatic hydroxyl groups excluding tert-OH is 1. The first-order chi connectivity index (χ1) is 13.9. The molecule has 1 fully saturated rings. The van der Waals surface area contributed by atoms with Crippen LogP contribution in [-0.4, -0.2) is 63.9 Å². The Kier molecular flexibility index (Phi) is 5.18. The Morgan fingerprint density at radius 2 is 1.76 bits per heavy atom. The lowest BCUT2D eigenvalue weighted by Crippen LogP contribution is -2.47. The van der Waals surface area contributed by atoms with Gasteiger partial charge in [-0.25, -0.2) is 4.98 Å². The number of rotatable bonds is 4. The summed E-state index contributed by atoms with van der Waals surface area (Å²) in [4.78, 5) is 8.57. The summed E-state index contributed by atoms with van der Waals surface area (Å²) < 4.78 is 42.8. The molecule has 2 aromatic heterocycles. The van der Waals surface area contributed by atoms with E-state index in [0.717, 1.165) is 13.1 Å². The van der Waals surface area contributed by atoms with Crippen molar-refractivity contribution in [3.8, 4) is 11.1 Å². The predicted molar refractivity (Wildman–Crippen MR) is 104 cm³/mol. The van der Waals surface area contributed by atoms with Gasteiger partial charge in [0.15, 0.2) is 11.3 Å². The molecular weight excluding hydrogens is 383 g/mol. The molecule has 0 spiro atoms. The lowest BCUT2D eigenvalue weighted by molar-refractivity contribution is -0.140. The average Bonchev–Trinajstić information content (AvgIpc) is 3.09. The third kappa shape index (κ3) is 3.79. The topological polar surface area (TPSA) is 56.9 Å². The van der Waals surface area contributed by atoms with Crippen molar-refractivity contribution in [2.75, 3.05) is 44.2 Å². The summed E-state index contributed by atoms with van der Waals surface area (Å²) in [5.41, 5.74) is 0.350. The first kappa shape index (κ1) is 19.7. The molecule has 3 aromatic rings. The number of nitrogens with zero attached hydrogens (tertiary/aromatic N) is 5. The number of anilines is 1. The molecule has 1 saturated heterocycles. The minimum atomic E-state index is -4.59. The fraction of sp³-hybridized carbons (Fsp3) is 0.400. The highest BCUT2D eigenvalue weighted by molar-refractivity contribution is 5.81. The van der Waals surface area contributed by atoms with E-state index in [9.17, 15) is 13.2 Å². The van der Waals surface area contributed by atoms with E-state index in [1.165, 1.54) is 4.52 Å². The van der Waals surface area contributed by atoms with Crippen LogP contribution in [0.25, 0.3) is 16.8 Å². The summed E-state index contributed by atoms with van der Waals surface area (Å²) in [6, 6.07) is 10.2. The molecule has 0 saturated carbocycles. The fourth-order valence-electron chi connectivity index (χ4n) is 3.76. The lowest BCUT2D eigenvalue weighted by Gasteiger charge is -2.35. The third-order valence-corrected chi connectivity index (χ3v) is 5.14. The maximum atomic E-state index is 13.8. The van der Waals surface area contributed by atoms with Crippen molar-refractivity contribution in [1.82, 2.24) is 19.5 Å². The van der Waals surface area contributed by atoms with E-state index in [1.807, 2.05) is 4.90 Å². The molecule has 3 heterocycles. The number of aliphatic hydroxyl groups is 1. The third-order valence-electron chi connectivity index (χ3n) is 5.14. The summed E-state index contributed by atoms with van der Waals surface area (Å²) in [5.74, 6) is 0.601. The van der Waals surface area contributed by atoms with Gasteiger partial charge >= 0.3 is 6.18 Å². The van der Waals surface area contributed by atoms with Gasteiger partial charge in [-0.05, 0) is 12.5 Å². The van der Waals surface area contributed by atoms with Crippen LogP contribution >= 0.6 is 0 Å². The fourth-order valence-corrected chi connectivity index (χ4v) is 3.76. The summed E-state index contributed by atoms with van der Waals surface area (Å²) >= 11 is 0. The van der Waals surface area contributed by atoms with Crippen molar-refractivity contribution in [3.63, 3.8) is 0 Å². The van der Waals surface area contributed by atoms with E-state index in [0.29, 0.717) is 36.7 Å². The number of piperazine rings is 1. The van der Waals surface area contributed by atoms with E-state index in [1.54, 1.807) is 43.3 Å². The normalized spacial score (nSPS) is 16.0. The van der Waals surface area contributed by atoms with Gasteiger partial charge in [0.25, 0.3) is 0 Å². The van der Waals surface area contributed by atoms with Gasteiger partial charge in [-0.15, -0.1) is 0 Å². The van der Waals surface area contributed by atoms with E-state index in [2.05, 4.69) is 15.0 Å². The zero-order valence-corrected chi connectivity index (χ0v) is 16.0. The number of halogens is 3. The number of hydrogen-bond acceptors (Lipinski definition) is 5. The van der Waals surface area contributed by atoms with Crippen molar-refractivity contribution >= 4 is 11.5 Å². The molecule has 0 bridgehead atoms. The van der Waals surface area contributed by atoms with Crippen LogP contribution in [0, 0.1) is 6.92 Å². The van der Waals surface area contributed by atoms with Crippen molar-refractivity contribution in [2.45, 2.75) is 13.1 Å². The van der Waals surface area contributed by atoms with Gasteiger partial charge in [-0.1, -0.05) is 30.3 Å². The summed E-state index contributed by atoms with van der Waals surface area (Å²) in [6.07, 6.45) is -4.59. The smallest absolute Gasteiger partial charge is 0.395 e. The maximum Gasteiger partial charge on any atom is 0.435 e. The quantitative estimate of drug-likeness (QED) is 0.724. The molecule has 1 aliphatic rings. The molecule has 0 radical (unpaired) electrons. The molecule has 0 atom stereocenters. The molecule has 0 unspecified atom stereocenters. The Morgan fingerprint density at radius 1 is 1.07 bits per heavy atom. The number of β-amino-alcohol motifs (C(OH)–C–C–N with tert-alkyl or cyclic N) is 1. The van der Waals surface area contributed by atoms with Gasteiger partial charge in [0.2, 0.25) is 0 Å². The van der Waals surface area contributed by atoms with Crippen LogP contribution in [-0.2, 0) is 6.18 Å². The molecule has 6 nitrogen and oxygen atoms in total. The zero-order chi connectivity index (χ0) is 20.6. The molecule has 29 heavy (non-hydrogen) atoms. The van der Waals surface area contributed by atoms with Crippen molar-refractivity contribution in [1.29, 1.82) is 0 Å². The highest BCUT2D eigenvalue weighted by Gasteiger charge is 2.39. The summed E-state index contributed by atoms with van der Waals surface area (Å²) in [7, 11) is 0. The van der Waals surface area contributed by atoms with Gasteiger partial charge in [-0.3, -0.25) is 4.90 Å². The molecule has 4 rings (SSSR count). The minimum absolute atomic E-state index is 0.00182. The predicted octanol–water partition coefficient (Wildman–Crippen LogP) is 2.84. The van der Waals surface area contributed by atoms with Crippen LogP contribution in [0.1, 0.15) is 11.4 Å². The lowest BCUT2D eigenvalue weighted by atomic mass is 10.1. The standard InChI is InChI=1S/C20H22F3N5O/c1-14-13-16(27-9-7-26(8-10-27)11-12-29)28-19(24-14)17(15-5-3-2-4-6-15)18(25-28)20(21,22)23/h2-6,13,29H,7-12H2,1H3. The van der Waals surface area contributed by atoms with Gasteiger partial charge in [-0.2, -0.15) is 22.8 Å². The van der Waals surface area contributed by atoms with Crippen molar-refractivity contribution < 1.29 is 18.3 Å². The SMILES string of the molecule is Cc1cc(N2CCN(CCO)CC2)n2nc(C(F)(F)F)c(-c3ccccc3)c2n1. The molecule has 1 N–H and O–H groups in total. The van der Waals surface area contributed by atoms with Crippen LogP contribution in [0.2, 0.25) is 0 Å². The van der Waals surface area contributed by atoms with Crippen LogP contribution in [0.5, 0.6) is 0 Å². The number of aromatic nitrogens is 3. The molecule has 1 aromatic carbocycles. The Labute approximate surface area is 166 Å². The second kappa shape index (κ2) is 7.64. The van der Waals surface area contributed by atoms with Gasteiger partial charge in [0.05, 0.1) is 12.2 Å². The van der Waals surface area contributed by atoms with Crippen LogP contribution < -0.4 is 4.90 Å². The largest absolute Gasteiger partial charge is 0.435 e. The molecule has 0 amide bonds. The van der Waals surface area contributed by atoms with Crippen LogP contribution in [0.15, 0.2) is 36.4 Å². The van der Waals surface area contributed by atoms with Gasteiger partial charge < -0.3 is 10.0 Å². The Balaban J connectivity index is 1.85. The zero-order valence-electron chi connectivity index (χ0n) is 16.0. The first-order valence-electron chi connectivity index (χ1n) is 9.49. The number of fused-ring (bicyclic) bond motifs is 1. The Bertz CT molecular complexity index is 995. The monoisotopic (exact) mass is 405 g/mol.